The summed E-state index contributed by atoms with van der Waals surface area (Å²) < 4.78 is 13.8. The van der Waals surface area contributed by atoms with E-state index in [1.165, 1.54) is 11.1 Å². The van der Waals surface area contributed by atoms with Crippen molar-refractivity contribution in [1.29, 1.82) is 0 Å². The van der Waals surface area contributed by atoms with Gasteiger partial charge in [-0.2, -0.15) is 0 Å². The van der Waals surface area contributed by atoms with E-state index in [1.807, 2.05) is 12.1 Å². The molecule has 1 aliphatic rings. The molecule has 0 saturated carbocycles. The second-order valence-electron chi connectivity index (χ2n) is 5.16. The molecule has 0 saturated heterocycles. The van der Waals surface area contributed by atoms with Gasteiger partial charge in [0.05, 0.1) is 0 Å². The highest BCUT2D eigenvalue weighted by molar-refractivity contribution is 7.99. The van der Waals surface area contributed by atoms with Crippen LogP contribution in [0.4, 0.5) is 4.39 Å². The van der Waals surface area contributed by atoms with Gasteiger partial charge in [-0.1, -0.05) is 36.4 Å². The quantitative estimate of drug-likeness (QED) is 0.894. The molecular weight excluding hydrogens is 269 g/mol. The number of hydrogen-bond acceptors (Lipinski definition) is 2. The molecule has 0 bridgehead atoms. The highest BCUT2D eigenvalue weighted by Gasteiger charge is 2.22. The average Bonchev–Trinajstić information content (AvgIpc) is 2.47. The van der Waals surface area contributed by atoms with Crippen LogP contribution in [0.3, 0.4) is 0 Å². The topological polar surface area (TPSA) is 12.0 Å². The Morgan fingerprint density at radius 3 is 2.90 bits per heavy atom. The highest BCUT2D eigenvalue weighted by Crippen LogP contribution is 2.37. The van der Waals surface area contributed by atoms with E-state index in [4.69, 9.17) is 0 Å². The first kappa shape index (κ1) is 13.7. The predicted molar refractivity (Wildman–Crippen MR) is 82.5 cm³/mol. The number of benzene rings is 2. The molecule has 1 nitrogen and oxygen atoms in total. The number of nitrogens with one attached hydrogen (secondary N) is 1. The number of aryl methyl sites for hydroxylation is 1. The first-order valence-corrected chi connectivity index (χ1v) is 7.93. The molecule has 0 radical (unpaired) electrons. The smallest absolute Gasteiger partial charge is 0.137 e. The fraction of sp³-hybridized carbons (Fsp3) is 0.294. The Bertz CT molecular complexity index is 612. The summed E-state index contributed by atoms with van der Waals surface area (Å²) in [6.07, 6.45) is 1.05. The lowest BCUT2D eigenvalue weighted by molar-refractivity contribution is 0.496. The fourth-order valence-corrected chi connectivity index (χ4v) is 3.78. The van der Waals surface area contributed by atoms with Crippen LogP contribution in [-0.4, -0.2) is 5.75 Å². The van der Waals surface area contributed by atoms with Gasteiger partial charge in [0, 0.05) is 17.5 Å². The maximum absolute atomic E-state index is 13.8. The molecule has 0 aromatic heterocycles. The van der Waals surface area contributed by atoms with Crippen LogP contribution in [0.25, 0.3) is 0 Å². The summed E-state index contributed by atoms with van der Waals surface area (Å²) in [7, 11) is 0. The van der Waals surface area contributed by atoms with E-state index in [0.29, 0.717) is 0 Å². The zero-order chi connectivity index (χ0) is 13.9. The summed E-state index contributed by atoms with van der Waals surface area (Å²) in [6, 6.07) is 14.0. The van der Waals surface area contributed by atoms with Crippen molar-refractivity contribution in [3.05, 3.63) is 65.0 Å². The number of thioether (sulfide) groups is 1. The first-order valence-electron chi connectivity index (χ1n) is 6.95. The zero-order valence-electron chi connectivity index (χ0n) is 11.5. The largest absolute Gasteiger partial charge is 0.306 e. The molecule has 1 heterocycles. The van der Waals surface area contributed by atoms with E-state index in [-0.39, 0.29) is 11.9 Å². The van der Waals surface area contributed by atoms with Crippen LogP contribution < -0.4 is 5.32 Å². The zero-order valence-corrected chi connectivity index (χ0v) is 12.3. The number of halogens is 1. The van der Waals surface area contributed by atoms with Crippen molar-refractivity contribution in [1.82, 2.24) is 5.32 Å². The van der Waals surface area contributed by atoms with Crippen molar-refractivity contribution < 1.29 is 4.39 Å². The van der Waals surface area contributed by atoms with Gasteiger partial charge in [-0.15, -0.1) is 11.8 Å². The Balaban J connectivity index is 1.77. The third-order valence-corrected chi connectivity index (χ3v) is 4.99. The molecule has 0 amide bonds. The Hall–Kier alpha value is -1.32. The third-order valence-electron chi connectivity index (χ3n) is 3.83. The van der Waals surface area contributed by atoms with Crippen LogP contribution in [0.15, 0.2) is 47.4 Å². The minimum atomic E-state index is -0.0881. The van der Waals surface area contributed by atoms with Crippen molar-refractivity contribution in [2.75, 3.05) is 5.75 Å². The van der Waals surface area contributed by atoms with E-state index in [2.05, 4.69) is 36.5 Å². The fourth-order valence-electron chi connectivity index (χ4n) is 2.64. The Morgan fingerprint density at radius 1 is 1.20 bits per heavy atom. The second-order valence-corrected chi connectivity index (χ2v) is 6.26. The summed E-state index contributed by atoms with van der Waals surface area (Å²) in [6.45, 7) is 2.96. The molecular formula is C17H18FNS. The van der Waals surface area contributed by atoms with Gasteiger partial charge in [0.1, 0.15) is 5.82 Å². The van der Waals surface area contributed by atoms with Crippen molar-refractivity contribution in [3.63, 3.8) is 0 Å². The molecule has 20 heavy (non-hydrogen) atoms. The SMILES string of the molecule is Cc1ccccc1CNC1CCSc2c(F)cccc21. The van der Waals surface area contributed by atoms with E-state index in [9.17, 15) is 4.39 Å². The van der Waals surface area contributed by atoms with Crippen LogP contribution in [0.5, 0.6) is 0 Å². The van der Waals surface area contributed by atoms with Gasteiger partial charge in [-0.25, -0.2) is 4.39 Å². The van der Waals surface area contributed by atoms with Gasteiger partial charge >= 0.3 is 0 Å². The van der Waals surface area contributed by atoms with Crippen LogP contribution in [0.2, 0.25) is 0 Å². The average molecular weight is 287 g/mol. The van der Waals surface area contributed by atoms with Gasteiger partial charge in [0.25, 0.3) is 0 Å². The minimum Gasteiger partial charge on any atom is -0.306 e. The lowest BCUT2D eigenvalue weighted by Gasteiger charge is -2.26. The normalized spacial score (nSPS) is 17.8. The summed E-state index contributed by atoms with van der Waals surface area (Å²) in [5.74, 6) is 0.884. The predicted octanol–water partition coefficient (Wildman–Crippen LogP) is 4.46. The van der Waals surface area contributed by atoms with Crippen LogP contribution in [0.1, 0.15) is 29.2 Å². The van der Waals surface area contributed by atoms with E-state index < -0.39 is 0 Å². The van der Waals surface area contributed by atoms with Crippen LogP contribution >= 0.6 is 11.8 Å². The van der Waals surface area contributed by atoms with Gasteiger partial charge in [-0.3, -0.25) is 0 Å². The van der Waals surface area contributed by atoms with Crippen molar-refractivity contribution >= 4 is 11.8 Å². The van der Waals surface area contributed by atoms with Crippen LogP contribution in [0, 0.1) is 12.7 Å². The monoisotopic (exact) mass is 287 g/mol. The molecule has 0 fully saturated rings. The number of hydrogen-bond donors (Lipinski definition) is 1. The van der Waals surface area contributed by atoms with Gasteiger partial charge < -0.3 is 5.32 Å². The summed E-state index contributed by atoms with van der Waals surface area (Å²) in [4.78, 5) is 0.820. The van der Waals surface area contributed by atoms with E-state index >= 15 is 0 Å². The maximum Gasteiger partial charge on any atom is 0.137 e. The lowest BCUT2D eigenvalue weighted by Crippen LogP contribution is -2.24. The molecule has 2 aromatic rings. The van der Waals surface area contributed by atoms with Gasteiger partial charge in [0.2, 0.25) is 0 Å². The molecule has 1 unspecified atom stereocenters. The highest BCUT2D eigenvalue weighted by atomic mass is 32.2. The lowest BCUT2D eigenvalue weighted by atomic mass is 10.0. The molecule has 1 atom stereocenters. The molecule has 2 aromatic carbocycles. The van der Waals surface area contributed by atoms with Crippen molar-refractivity contribution in [2.45, 2.75) is 30.8 Å². The van der Waals surface area contributed by atoms with Gasteiger partial charge in [-0.05, 0) is 41.9 Å². The molecule has 3 heteroatoms. The number of fused-ring (bicyclic) bond motifs is 1. The second kappa shape index (κ2) is 5.98. The van der Waals surface area contributed by atoms with Crippen LogP contribution in [-0.2, 0) is 6.54 Å². The molecule has 3 rings (SSSR count). The molecule has 104 valence electrons. The summed E-state index contributed by atoms with van der Waals surface area (Å²) in [5.41, 5.74) is 3.71. The first-order chi connectivity index (χ1) is 9.75. The standard InChI is InChI=1S/C17H18FNS/c1-12-5-2-3-6-13(12)11-19-16-9-10-20-17-14(16)7-4-8-15(17)18/h2-8,16,19H,9-11H2,1H3. The van der Waals surface area contributed by atoms with E-state index in [1.54, 1.807) is 17.8 Å². The Morgan fingerprint density at radius 2 is 2.05 bits per heavy atom. The van der Waals surface area contributed by atoms with Crippen molar-refractivity contribution in [3.8, 4) is 0 Å². The summed E-state index contributed by atoms with van der Waals surface area (Å²) in [5, 5.41) is 3.58. The molecule has 0 aliphatic carbocycles. The third kappa shape index (κ3) is 2.74. The Kier molecular flexibility index (Phi) is 4.08. The van der Waals surface area contributed by atoms with Gasteiger partial charge in [0.15, 0.2) is 0 Å². The molecule has 0 spiro atoms. The Labute approximate surface area is 123 Å². The summed E-state index contributed by atoms with van der Waals surface area (Å²) >= 11 is 1.63. The molecule has 1 aliphatic heterocycles. The maximum atomic E-state index is 13.8. The molecule has 1 N–H and O–H groups in total. The number of rotatable bonds is 3. The van der Waals surface area contributed by atoms with E-state index in [0.717, 1.165) is 29.2 Å². The minimum absolute atomic E-state index is 0.0881. The van der Waals surface area contributed by atoms with Crippen molar-refractivity contribution in [2.24, 2.45) is 0 Å².